The van der Waals surface area contributed by atoms with E-state index in [1.54, 1.807) is 24.5 Å². The second kappa shape index (κ2) is 10.0. The maximum absolute atomic E-state index is 12.4. The van der Waals surface area contributed by atoms with Crippen LogP contribution in [0.3, 0.4) is 0 Å². The summed E-state index contributed by atoms with van der Waals surface area (Å²) in [6, 6.07) is 8.91. The molecule has 0 aromatic heterocycles. The van der Waals surface area contributed by atoms with Crippen LogP contribution >= 0.6 is 0 Å². The summed E-state index contributed by atoms with van der Waals surface area (Å²) in [5, 5.41) is 18.7. The minimum atomic E-state index is -4.53. The number of phenolic OH excluding ortho intramolecular Hbond substituents is 1. The zero-order chi connectivity index (χ0) is 23.3. The maximum atomic E-state index is 12.4. The number of halogens is 3. The Hall–Kier alpha value is -3.07. The maximum Gasteiger partial charge on any atom is 0.405 e. The number of benzene rings is 2. The number of aliphatic imine (C=N–C) groups is 1. The van der Waals surface area contributed by atoms with Crippen molar-refractivity contribution < 1.29 is 23.1 Å². The molecule has 0 bridgehead atoms. The summed E-state index contributed by atoms with van der Waals surface area (Å²) in [5.74, 6) is -0.965. The van der Waals surface area contributed by atoms with Crippen molar-refractivity contribution in [2.24, 2.45) is 4.99 Å². The molecule has 3 rings (SSSR count). The van der Waals surface area contributed by atoms with Gasteiger partial charge in [0.25, 0.3) is 5.91 Å². The van der Waals surface area contributed by atoms with E-state index in [-0.39, 0.29) is 5.56 Å². The Morgan fingerprint density at radius 1 is 1.31 bits per heavy atom. The van der Waals surface area contributed by atoms with Crippen molar-refractivity contribution in [2.45, 2.75) is 38.8 Å². The van der Waals surface area contributed by atoms with E-state index in [1.807, 2.05) is 25.1 Å². The summed E-state index contributed by atoms with van der Waals surface area (Å²) >= 11 is 0. The van der Waals surface area contributed by atoms with Crippen molar-refractivity contribution in [1.82, 2.24) is 10.6 Å². The van der Waals surface area contributed by atoms with E-state index in [2.05, 4.69) is 15.6 Å². The van der Waals surface area contributed by atoms with E-state index in [1.165, 1.54) is 11.6 Å². The van der Waals surface area contributed by atoms with Gasteiger partial charge in [0.15, 0.2) is 0 Å². The number of alkyl halides is 3. The molecule has 4 N–H and O–H groups in total. The first-order chi connectivity index (χ1) is 15.2. The third kappa shape index (κ3) is 6.00. The second-order valence-corrected chi connectivity index (χ2v) is 7.82. The van der Waals surface area contributed by atoms with Crippen LogP contribution in [-0.2, 0) is 0 Å². The van der Waals surface area contributed by atoms with Gasteiger partial charge in [-0.1, -0.05) is 6.07 Å². The first-order valence-electron chi connectivity index (χ1n) is 10.5. The summed E-state index contributed by atoms with van der Waals surface area (Å²) < 4.78 is 37.2. The molecule has 1 saturated heterocycles. The van der Waals surface area contributed by atoms with Gasteiger partial charge < -0.3 is 21.1 Å². The molecule has 9 heteroatoms. The standard InChI is InChI=1S/C23H27F3N4O2/c1-3-28-19-10-15(16-5-4-8-27-12-16)6-7-18(19)30-17-9-14(2)21(20(31)11-17)22(32)29-13-23(24,25)26/h3,6-7,9-11,16,27,30-31H,4-5,8,12-13H2,1-2H3,(H,29,32). The number of amides is 1. The van der Waals surface area contributed by atoms with Gasteiger partial charge in [-0.05, 0) is 68.5 Å². The SMILES string of the molecule is CC=Nc1cc(C2CCCNC2)ccc1Nc1cc(C)c(C(=O)NCC(F)(F)F)c(O)c1. The highest BCUT2D eigenvalue weighted by Crippen LogP contribution is 2.35. The van der Waals surface area contributed by atoms with Crippen LogP contribution in [0, 0.1) is 6.92 Å². The van der Waals surface area contributed by atoms with E-state index in [9.17, 15) is 23.1 Å². The highest BCUT2D eigenvalue weighted by molar-refractivity contribution is 5.99. The predicted molar refractivity (Wildman–Crippen MR) is 120 cm³/mol. The van der Waals surface area contributed by atoms with Gasteiger partial charge in [0, 0.05) is 24.5 Å². The monoisotopic (exact) mass is 448 g/mol. The van der Waals surface area contributed by atoms with Gasteiger partial charge >= 0.3 is 6.18 Å². The third-order valence-corrected chi connectivity index (χ3v) is 5.33. The lowest BCUT2D eigenvalue weighted by atomic mass is 9.91. The van der Waals surface area contributed by atoms with Crippen LogP contribution in [0.4, 0.5) is 30.2 Å². The van der Waals surface area contributed by atoms with Gasteiger partial charge in [0.05, 0.1) is 16.9 Å². The minimum Gasteiger partial charge on any atom is -0.507 e. The quantitative estimate of drug-likeness (QED) is 0.473. The first-order valence-corrected chi connectivity index (χ1v) is 10.5. The van der Waals surface area contributed by atoms with E-state index in [4.69, 9.17) is 0 Å². The Morgan fingerprint density at radius 3 is 2.72 bits per heavy atom. The highest BCUT2D eigenvalue weighted by Gasteiger charge is 2.29. The lowest BCUT2D eigenvalue weighted by Crippen LogP contribution is -2.34. The Morgan fingerprint density at radius 2 is 2.09 bits per heavy atom. The Kier molecular flexibility index (Phi) is 7.40. The molecule has 1 heterocycles. The number of nitrogens with one attached hydrogen (secondary N) is 3. The molecule has 1 aliphatic rings. The first kappa shape index (κ1) is 23.6. The summed E-state index contributed by atoms with van der Waals surface area (Å²) in [4.78, 5) is 16.6. The molecular formula is C23H27F3N4O2. The molecule has 32 heavy (non-hydrogen) atoms. The zero-order valence-corrected chi connectivity index (χ0v) is 18.0. The largest absolute Gasteiger partial charge is 0.507 e. The van der Waals surface area contributed by atoms with Crippen LogP contribution in [-0.4, -0.2) is 43.0 Å². The van der Waals surface area contributed by atoms with Gasteiger partial charge in [0.2, 0.25) is 0 Å². The Balaban J connectivity index is 1.82. The lowest BCUT2D eigenvalue weighted by molar-refractivity contribution is -0.123. The molecule has 0 radical (unpaired) electrons. The minimum absolute atomic E-state index is 0.188. The number of phenols is 1. The van der Waals surface area contributed by atoms with E-state index in [0.717, 1.165) is 31.6 Å². The van der Waals surface area contributed by atoms with Crippen molar-refractivity contribution in [3.8, 4) is 5.75 Å². The molecule has 1 fully saturated rings. The van der Waals surface area contributed by atoms with Crippen LogP contribution in [0.15, 0.2) is 35.3 Å². The summed E-state index contributed by atoms with van der Waals surface area (Å²) in [5.41, 5.74) is 3.29. The molecular weight excluding hydrogens is 421 g/mol. The molecule has 1 aliphatic heterocycles. The zero-order valence-electron chi connectivity index (χ0n) is 18.0. The van der Waals surface area contributed by atoms with Crippen molar-refractivity contribution in [2.75, 3.05) is 25.0 Å². The molecule has 1 atom stereocenters. The molecule has 2 aromatic rings. The second-order valence-electron chi connectivity index (χ2n) is 7.82. The van der Waals surface area contributed by atoms with Crippen molar-refractivity contribution in [3.63, 3.8) is 0 Å². The van der Waals surface area contributed by atoms with Crippen molar-refractivity contribution >= 4 is 29.2 Å². The van der Waals surface area contributed by atoms with Gasteiger partial charge in [-0.3, -0.25) is 9.79 Å². The summed E-state index contributed by atoms with van der Waals surface area (Å²) in [7, 11) is 0. The fourth-order valence-electron chi connectivity index (χ4n) is 3.85. The number of rotatable bonds is 6. The molecule has 6 nitrogen and oxygen atoms in total. The van der Waals surface area contributed by atoms with Crippen LogP contribution in [0.1, 0.15) is 47.2 Å². The van der Waals surface area contributed by atoms with Crippen LogP contribution in [0.25, 0.3) is 0 Å². The smallest absolute Gasteiger partial charge is 0.405 e. The molecule has 1 amide bonds. The summed E-state index contributed by atoms with van der Waals surface area (Å²) in [6.07, 6.45) is -0.602. The predicted octanol–water partition coefficient (Wildman–Crippen LogP) is 4.93. The fraction of sp³-hybridized carbons (Fsp3) is 0.391. The summed E-state index contributed by atoms with van der Waals surface area (Å²) in [6.45, 7) is 3.86. The number of carbonyl (C=O) groups excluding carboxylic acids is 1. The number of hydrogen-bond acceptors (Lipinski definition) is 5. The van der Waals surface area contributed by atoms with E-state index < -0.39 is 24.4 Å². The average molecular weight is 448 g/mol. The Bertz CT molecular complexity index is 976. The van der Waals surface area contributed by atoms with Gasteiger partial charge in [0.1, 0.15) is 12.3 Å². The molecule has 2 aromatic carbocycles. The third-order valence-electron chi connectivity index (χ3n) is 5.33. The number of nitrogens with zero attached hydrogens (tertiary/aromatic N) is 1. The number of hydrogen-bond donors (Lipinski definition) is 4. The normalized spacial score (nSPS) is 16.8. The van der Waals surface area contributed by atoms with Crippen molar-refractivity contribution in [3.05, 3.63) is 47.0 Å². The number of piperidine rings is 1. The fourth-order valence-corrected chi connectivity index (χ4v) is 3.85. The molecule has 0 spiro atoms. The molecule has 0 saturated carbocycles. The number of aromatic hydroxyl groups is 1. The topological polar surface area (TPSA) is 85.8 Å². The highest BCUT2D eigenvalue weighted by atomic mass is 19.4. The van der Waals surface area contributed by atoms with E-state index in [0.29, 0.717) is 22.9 Å². The number of anilines is 2. The van der Waals surface area contributed by atoms with Crippen LogP contribution in [0.2, 0.25) is 0 Å². The Labute approximate surface area is 184 Å². The van der Waals surface area contributed by atoms with Gasteiger partial charge in [-0.25, -0.2) is 0 Å². The molecule has 1 unspecified atom stereocenters. The average Bonchev–Trinajstić information content (AvgIpc) is 2.73. The van der Waals surface area contributed by atoms with Gasteiger partial charge in [-0.2, -0.15) is 13.2 Å². The van der Waals surface area contributed by atoms with Crippen LogP contribution < -0.4 is 16.0 Å². The number of aryl methyl sites for hydroxylation is 1. The lowest BCUT2D eigenvalue weighted by Gasteiger charge is -2.24. The molecule has 0 aliphatic carbocycles. The van der Waals surface area contributed by atoms with Crippen LogP contribution in [0.5, 0.6) is 5.75 Å². The number of carbonyl (C=O) groups is 1. The van der Waals surface area contributed by atoms with Crippen molar-refractivity contribution in [1.29, 1.82) is 0 Å². The van der Waals surface area contributed by atoms with E-state index >= 15 is 0 Å². The van der Waals surface area contributed by atoms with Gasteiger partial charge in [-0.15, -0.1) is 0 Å². The molecule has 172 valence electrons.